The molecule has 2 N–H and O–H groups in total. The van der Waals surface area contributed by atoms with Crippen LogP contribution in [0.4, 0.5) is 0 Å². The summed E-state index contributed by atoms with van der Waals surface area (Å²) < 4.78 is 0. The van der Waals surface area contributed by atoms with Gasteiger partial charge in [-0.15, -0.1) is 0 Å². The van der Waals surface area contributed by atoms with Crippen LogP contribution in [0.1, 0.15) is 41.5 Å². The van der Waals surface area contributed by atoms with E-state index < -0.39 is 0 Å². The molecule has 0 unspecified atom stereocenters. The number of rotatable bonds is 3. The minimum atomic E-state index is 0.477. The van der Waals surface area contributed by atoms with Crippen molar-refractivity contribution in [2.24, 2.45) is 23.5 Å². The summed E-state index contributed by atoms with van der Waals surface area (Å²) in [6, 6.07) is 0. The first-order chi connectivity index (χ1) is 5.37. The topological polar surface area (TPSA) is 26.0 Å². The lowest BCUT2D eigenvalue weighted by Gasteiger charge is -2.21. The molecule has 0 aliphatic carbocycles. The van der Waals surface area contributed by atoms with Crippen LogP contribution >= 0.6 is 0 Å². The number of hydrogen-bond donors (Lipinski definition) is 1. The van der Waals surface area contributed by atoms with Crippen molar-refractivity contribution in [3.05, 3.63) is 11.3 Å². The molecule has 0 saturated heterocycles. The van der Waals surface area contributed by atoms with E-state index in [2.05, 4.69) is 41.5 Å². The van der Waals surface area contributed by atoms with Gasteiger partial charge in [-0.05, 0) is 23.3 Å². The molecule has 0 atom stereocenters. The van der Waals surface area contributed by atoms with Crippen molar-refractivity contribution in [3.63, 3.8) is 0 Å². The highest BCUT2D eigenvalue weighted by molar-refractivity contribution is 5.16. The Morgan fingerprint density at radius 3 is 1.17 bits per heavy atom. The van der Waals surface area contributed by atoms with E-state index >= 15 is 0 Å². The van der Waals surface area contributed by atoms with Crippen LogP contribution < -0.4 is 5.73 Å². The summed E-state index contributed by atoms with van der Waals surface area (Å²) in [6.45, 7) is 13.2. The predicted octanol–water partition coefficient (Wildman–Crippen LogP) is 3.17. The Bertz CT molecular complexity index is 154. The van der Waals surface area contributed by atoms with Gasteiger partial charge in [0.25, 0.3) is 0 Å². The van der Waals surface area contributed by atoms with Crippen molar-refractivity contribution in [1.82, 2.24) is 0 Å². The third-order valence-electron chi connectivity index (χ3n) is 2.20. The summed E-state index contributed by atoms with van der Waals surface area (Å²) in [5, 5.41) is 0. The van der Waals surface area contributed by atoms with E-state index in [0.29, 0.717) is 17.8 Å². The summed E-state index contributed by atoms with van der Waals surface area (Å²) in [6.07, 6.45) is 0. The molecule has 0 aliphatic rings. The van der Waals surface area contributed by atoms with Gasteiger partial charge < -0.3 is 5.73 Å². The maximum atomic E-state index is 6.04. The minimum absolute atomic E-state index is 0.477. The maximum absolute atomic E-state index is 6.04. The molecular weight excluding hydrogens is 146 g/mol. The summed E-state index contributed by atoms with van der Waals surface area (Å²) in [7, 11) is 0. The predicted molar refractivity (Wildman–Crippen MR) is 55.7 cm³/mol. The average molecular weight is 169 g/mol. The van der Waals surface area contributed by atoms with Crippen LogP contribution in [0.3, 0.4) is 0 Å². The second-order valence-electron chi connectivity index (χ2n) is 4.37. The van der Waals surface area contributed by atoms with Gasteiger partial charge in [0.2, 0.25) is 0 Å². The molecule has 0 saturated carbocycles. The molecule has 0 aromatic heterocycles. The number of allylic oxidation sites excluding steroid dienone is 2. The molecular formula is C11H23N. The Labute approximate surface area is 77.0 Å². The second-order valence-corrected chi connectivity index (χ2v) is 4.37. The average Bonchev–Trinajstić information content (AvgIpc) is 1.85. The monoisotopic (exact) mass is 169 g/mol. The van der Waals surface area contributed by atoms with Crippen molar-refractivity contribution < 1.29 is 0 Å². The highest BCUT2D eigenvalue weighted by Gasteiger charge is 2.13. The lowest BCUT2D eigenvalue weighted by molar-refractivity contribution is 0.584. The molecule has 0 fully saturated rings. The summed E-state index contributed by atoms with van der Waals surface area (Å²) in [5.41, 5.74) is 8.55. The smallest absolute Gasteiger partial charge is 0.0104 e. The fraction of sp³-hybridized carbons (Fsp3) is 0.818. The van der Waals surface area contributed by atoms with Gasteiger partial charge in [0.1, 0.15) is 0 Å². The van der Waals surface area contributed by atoms with Crippen LogP contribution in [0.15, 0.2) is 11.3 Å². The zero-order chi connectivity index (χ0) is 9.89. The summed E-state index contributed by atoms with van der Waals surface area (Å²) in [4.78, 5) is 0. The normalized spacial score (nSPS) is 11.4. The van der Waals surface area contributed by atoms with E-state index in [-0.39, 0.29) is 0 Å². The van der Waals surface area contributed by atoms with Crippen molar-refractivity contribution in [3.8, 4) is 0 Å². The van der Waals surface area contributed by atoms with Crippen LogP contribution in [-0.4, -0.2) is 0 Å². The Kier molecular flexibility index (Phi) is 4.36. The highest BCUT2D eigenvalue weighted by Crippen LogP contribution is 2.24. The quantitative estimate of drug-likeness (QED) is 0.690. The largest absolute Gasteiger partial charge is 0.402 e. The van der Waals surface area contributed by atoms with Crippen LogP contribution in [0.5, 0.6) is 0 Å². The van der Waals surface area contributed by atoms with E-state index in [0.717, 1.165) is 5.70 Å². The molecule has 0 aromatic rings. The number of hydrogen-bond acceptors (Lipinski definition) is 1. The SMILES string of the molecule is CC(C)C(N)=C(C(C)C)C(C)C. The van der Waals surface area contributed by atoms with Gasteiger partial charge in [-0.3, -0.25) is 0 Å². The molecule has 0 aliphatic heterocycles. The van der Waals surface area contributed by atoms with Crippen LogP contribution in [-0.2, 0) is 0 Å². The van der Waals surface area contributed by atoms with Gasteiger partial charge in [0.05, 0.1) is 0 Å². The van der Waals surface area contributed by atoms with Crippen molar-refractivity contribution in [2.45, 2.75) is 41.5 Å². The molecule has 0 radical (unpaired) electrons. The van der Waals surface area contributed by atoms with Gasteiger partial charge in [-0.25, -0.2) is 0 Å². The lowest BCUT2D eigenvalue weighted by atomic mass is 9.88. The lowest BCUT2D eigenvalue weighted by Crippen LogP contribution is -2.16. The van der Waals surface area contributed by atoms with E-state index in [9.17, 15) is 0 Å². The zero-order valence-corrected chi connectivity index (χ0v) is 9.31. The van der Waals surface area contributed by atoms with Gasteiger partial charge in [-0.1, -0.05) is 41.5 Å². The molecule has 0 amide bonds. The summed E-state index contributed by atoms with van der Waals surface area (Å²) >= 11 is 0. The molecule has 0 bridgehead atoms. The Balaban J connectivity index is 4.81. The van der Waals surface area contributed by atoms with Crippen molar-refractivity contribution in [2.75, 3.05) is 0 Å². The van der Waals surface area contributed by atoms with Gasteiger partial charge in [0.15, 0.2) is 0 Å². The van der Waals surface area contributed by atoms with Gasteiger partial charge in [0, 0.05) is 5.70 Å². The standard InChI is InChI=1S/C11H23N/c1-7(2)10(8(3)4)11(12)9(5)6/h7-9H,12H2,1-6H3. The van der Waals surface area contributed by atoms with E-state index in [4.69, 9.17) is 5.73 Å². The third-order valence-corrected chi connectivity index (χ3v) is 2.20. The molecule has 0 spiro atoms. The zero-order valence-electron chi connectivity index (χ0n) is 9.31. The Morgan fingerprint density at radius 1 is 0.750 bits per heavy atom. The van der Waals surface area contributed by atoms with E-state index in [1.807, 2.05) is 0 Å². The van der Waals surface area contributed by atoms with E-state index in [1.165, 1.54) is 5.57 Å². The van der Waals surface area contributed by atoms with E-state index in [1.54, 1.807) is 0 Å². The van der Waals surface area contributed by atoms with Gasteiger partial charge >= 0.3 is 0 Å². The highest BCUT2D eigenvalue weighted by atomic mass is 14.6. The Hall–Kier alpha value is -0.460. The molecule has 1 nitrogen and oxygen atoms in total. The molecule has 12 heavy (non-hydrogen) atoms. The fourth-order valence-electron chi connectivity index (χ4n) is 1.67. The summed E-state index contributed by atoms with van der Waals surface area (Å²) in [5.74, 6) is 1.63. The fourth-order valence-corrected chi connectivity index (χ4v) is 1.67. The minimum Gasteiger partial charge on any atom is -0.402 e. The molecule has 0 heterocycles. The number of nitrogens with two attached hydrogens (primary N) is 1. The molecule has 72 valence electrons. The first-order valence-electron chi connectivity index (χ1n) is 4.87. The maximum Gasteiger partial charge on any atom is 0.0104 e. The van der Waals surface area contributed by atoms with Gasteiger partial charge in [-0.2, -0.15) is 0 Å². The molecule has 0 rings (SSSR count). The van der Waals surface area contributed by atoms with Crippen molar-refractivity contribution >= 4 is 0 Å². The van der Waals surface area contributed by atoms with Crippen molar-refractivity contribution in [1.29, 1.82) is 0 Å². The molecule has 1 heteroatoms. The Morgan fingerprint density at radius 2 is 1.08 bits per heavy atom. The first kappa shape index (κ1) is 11.5. The van der Waals surface area contributed by atoms with Crippen LogP contribution in [0.25, 0.3) is 0 Å². The van der Waals surface area contributed by atoms with Crippen LogP contribution in [0.2, 0.25) is 0 Å². The first-order valence-corrected chi connectivity index (χ1v) is 4.87. The molecule has 0 aromatic carbocycles. The second kappa shape index (κ2) is 4.54. The van der Waals surface area contributed by atoms with Crippen LogP contribution in [0, 0.1) is 17.8 Å². The third kappa shape index (κ3) is 2.88.